The predicted octanol–water partition coefficient (Wildman–Crippen LogP) is 3.95. The summed E-state index contributed by atoms with van der Waals surface area (Å²) in [4.78, 5) is 20.0. The molecule has 2 heterocycles. The van der Waals surface area contributed by atoms with Crippen LogP contribution < -0.4 is 10.2 Å². The van der Waals surface area contributed by atoms with E-state index >= 15 is 0 Å². The molecule has 1 aromatic heterocycles. The summed E-state index contributed by atoms with van der Waals surface area (Å²) in [6, 6.07) is 12.5. The number of carbonyl (C=O) groups excluding carboxylic acids is 1. The second-order valence-corrected chi connectivity index (χ2v) is 7.25. The number of aromatic nitrogens is 1. The number of halogens is 3. The van der Waals surface area contributed by atoms with Crippen LogP contribution in [0.4, 0.5) is 23.8 Å². The van der Waals surface area contributed by atoms with E-state index in [0.717, 1.165) is 25.1 Å². The third-order valence-corrected chi connectivity index (χ3v) is 5.04. The van der Waals surface area contributed by atoms with Gasteiger partial charge in [-0.25, -0.2) is 9.78 Å². The SMILES string of the molecule is C[C@@H](CCc1ccccc1)NC(=O)N1CCN(c2ccc(C(F)(F)F)cn2)CC1. The van der Waals surface area contributed by atoms with Crippen molar-refractivity contribution < 1.29 is 18.0 Å². The lowest BCUT2D eigenvalue weighted by molar-refractivity contribution is -0.137. The highest BCUT2D eigenvalue weighted by molar-refractivity contribution is 5.74. The number of carbonyl (C=O) groups is 1. The van der Waals surface area contributed by atoms with Crippen LogP contribution in [0.15, 0.2) is 48.7 Å². The van der Waals surface area contributed by atoms with Gasteiger partial charge in [-0.2, -0.15) is 13.2 Å². The fourth-order valence-corrected chi connectivity index (χ4v) is 3.28. The second kappa shape index (κ2) is 9.15. The van der Waals surface area contributed by atoms with Crippen molar-refractivity contribution in [3.63, 3.8) is 0 Å². The van der Waals surface area contributed by atoms with Gasteiger partial charge in [-0.3, -0.25) is 0 Å². The monoisotopic (exact) mass is 406 g/mol. The van der Waals surface area contributed by atoms with Crippen LogP contribution in [-0.2, 0) is 12.6 Å². The summed E-state index contributed by atoms with van der Waals surface area (Å²) >= 11 is 0. The predicted molar refractivity (Wildman–Crippen MR) is 106 cm³/mol. The molecule has 1 fully saturated rings. The van der Waals surface area contributed by atoms with Crippen LogP contribution in [-0.4, -0.2) is 48.1 Å². The van der Waals surface area contributed by atoms with Crippen molar-refractivity contribution in [2.24, 2.45) is 0 Å². The summed E-state index contributed by atoms with van der Waals surface area (Å²) in [5.41, 5.74) is 0.481. The maximum atomic E-state index is 12.7. The molecule has 1 aromatic carbocycles. The molecule has 29 heavy (non-hydrogen) atoms. The van der Waals surface area contributed by atoms with E-state index in [1.54, 1.807) is 4.90 Å². The van der Waals surface area contributed by atoms with Crippen LogP contribution in [0.3, 0.4) is 0 Å². The molecule has 8 heteroatoms. The van der Waals surface area contributed by atoms with Gasteiger partial charge in [-0.15, -0.1) is 0 Å². The van der Waals surface area contributed by atoms with Gasteiger partial charge in [0.15, 0.2) is 0 Å². The first-order valence-electron chi connectivity index (χ1n) is 9.70. The second-order valence-electron chi connectivity index (χ2n) is 7.25. The Morgan fingerprint density at radius 2 is 1.79 bits per heavy atom. The van der Waals surface area contributed by atoms with Crippen molar-refractivity contribution in [2.75, 3.05) is 31.1 Å². The number of hydrogen-bond acceptors (Lipinski definition) is 3. The van der Waals surface area contributed by atoms with Crippen LogP contribution in [0.5, 0.6) is 0 Å². The van der Waals surface area contributed by atoms with Gasteiger partial charge in [-0.1, -0.05) is 30.3 Å². The highest BCUT2D eigenvalue weighted by Gasteiger charge is 2.31. The number of aryl methyl sites for hydroxylation is 1. The molecule has 2 aromatic rings. The number of rotatable bonds is 5. The van der Waals surface area contributed by atoms with E-state index < -0.39 is 11.7 Å². The molecule has 0 bridgehead atoms. The van der Waals surface area contributed by atoms with Crippen molar-refractivity contribution in [1.29, 1.82) is 0 Å². The summed E-state index contributed by atoms with van der Waals surface area (Å²) in [5.74, 6) is 0.495. The number of urea groups is 1. The third kappa shape index (κ3) is 5.85. The average Bonchev–Trinajstić information content (AvgIpc) is 2.72. The molecule has 1 saturated heterocycles. The number of amides is 2. The van der Waals surface area contributed by atoms with Gasteiger partial charge in [0.05, 0.1) is 5.56 Å². The maximum Gasteiger partial charge on any atom is 0.417 e. The minimum atomic E-state index is -4.39. The summed E-state index contributed by atoms with van der Waals surface area (Å²) in [6.07, 6.45) is -1.79. The van der Waals surface area contributed by atoms with E-state index in [1.165, 1.54) is 11.6 Å². The molecule has 0 aliphatic carbocycles. The molecule has 156 valence electrons. The molecule has 1 N–H and O–H groups in total. The number of nitrogens with one attached hydrogen (secondary N) is 1. The molecule has 1 aliphatic rings. The number of benzene rings is 1. The van der Waals surface area contributed by atoms with E-state index in [0.29, 0.717) is 32.0 Å². The van der Waals surface area contributed by atoms with Gasteiger partial charge in [0.2, 0.25) is 0 Å². The van der Waals surface area contributed by atoms with Gasteiger partial charge < -0.3 is 15.1 Å². The normalized spacial score (nSPS) is 15.9. The largest absolute Gasteiger partial charge is 0.417 e. The first-order chi connectivity index (χ1) is 13.8. The van der Waals surface area contributed by atoms with Gasteiger partial charge in [-0.05, 0) is 37.5 Å². The Labute approximate surface area is 168 Å². The molecule has 0 spiro atoms. The van der Waals surface area contributed by atoms with E-state index in [2.05, 4.69) is 22.4 Å². The molecule has 0 unspecified atom stereocenters. The molecular formula is C21H25F3N4O. The molecule has 5 nitrogen and oxygen atoms in total. The Hall–Kier alpha value is -2.77. The summed E-state index contributed by atoms with van der Waals surface area (Å²) in [7, 11) is 0. The lowest BCUT2D eigenvalue weighted by Gasteiger charge is -2.36. The Morgan fingerprint density at radius 3 is 2.38 bits per heavy atom. The van der Waals surface area contributed by atoms with Crippen LogP contribution in [0.1, 0.15) is 24.5 Å². The van der Waals surface area contributed by atoms with Crippen LogP contribution >= 0.6 is 0 Å². The van der Waals surface area contributed by atoms with Crippen molar-refractivity contribution in [3.8, 4) is 0 Å². The third-order valence-electron chi connectivity index (χ3n) is 5.04. The average molecular weight is 406 g/mol. The summed E-state index contributed by atoms with van der Waals surface area (Å²) in [6.45, 7) is 4.05. The summed E-state index contributed by atoms with van der Waals surface area (Å²) < 4.78 is 38.0. The van der Waals surface area contributed by atoms with E-state index in [1.807, 2.05) is 30.0 Å². The topological polar surface area (TPSA) is 48.5 Å². The van der Waals surface area contributed by atoms with Crippen molar-refractivity contribution in [2.45, 2.75) is 32.0 Å². The Balaban J connectivity index is 1.44. The lowest BCUT2D eigenvalue weighted by Crippen LogP contribution is -2.53. The number of pyridine rings is 1. The molecule has 1 atom stereocenters. The standard InChI is InChI=1S/C21H25F3N4O/c1-16(7-8-17-5-3-2-4-6-17)26-20(29)28-13-11-27(12-14-28)19-10-9-18(15-25-19)21(22,23)24/h2-6,9-10,15-16H,7-8,11-14H2,1H3,(H,26,29)/t16-/m0/s1. The number of alkyl halides is 3. The van der Waals surface area contributed by atoms with Gasteiger partial charge in [0.25, 0.3) is 0 Å². The number of piperazine rings is 1. The zero-order valence-electron chi connectivity index (χ0n) is 16.3. The fraction of sp³-hybridized carbons (Fsp3) is 0.429. The smallest absolute Gasteiger partial charge is 0.353 e. The first kappa shape index (κ1) is 21.0. The first-order valence-corrected chi connectivity index (χ1v) is 9.70. The minimum absolute atomic E-state index is 0.0531. The number of hydrogen-bond donors (Lipinski definition) is 1. The van der Waals surface area contributed by atoms with Crippen LogP contribution in [0, 0.1) is 0 Å². The van der Waals surface area contributed by atoms with Crippen molar-refractivity contribution in [1.82, 2.24) is 15.2 Å². The minimum Gasteiger partial charge on any atom is -0.353 e. The van der Waals surface area contributed by atoms with E-state index in [4.69, 9.17) is 0 Å². The Kier molecular flexibility index (Phi) is 6.61. The quantitative estimate of drug-likeness (QED) is 0.818. The lowest BCUT2D eigenvalue weighted by atomic mass is 10.1. The molecule has 0 radical (unpaired) electrons. The van der Waals surface area contributed by atoms with Crippen molar-refractivity contribution in [3.05, 3.63) is 59.8 Å². The molecule has 2 amide bonds. The van der Waals surface area contributed by atoms with Gasteiger partial charge in [0.1, 0.15) is 5.82 Å². The Morgan fingerprint density at radius 1 is 1.10 bits per heavy atom. The number of anilines is 1. The van der Waals surface area contributed by atoms with Crippen molar-refractivity contribution >= 4 is 11.8 Å². The molecule has 3 rings (SSSR count). The Bertz CT molecular complexity index is 788. The highest BCUT2D eigenvalue weighted by Crippen LogP contribution is 2.29. The summed E-state index contributed by atoms with van der Waals surface area (Å²) in [5, 5.41) is 3.03. The van der Waals surface area contributed by atoms with Gasteiger partial charge >= 0.3 is 12.2 Å². The van der Waals surface area contributed by atoms with Crippen LogP contribution in [0.2, 0.25) is 0 Å². The molecular weight excluding hydrogens is 381 g/mol. The number of nitrogens with zero attached hydrogens (tertiary/aromatic N) is 3. The molecule has 0 saturated carbocycles. The van der Waals surface area contributed by atoms with Gasteiger partial charge in [0, 0.05) is 38.4 Å². The van der Waals surface area contributed by atoms with E-state index in [9.17, 15) is 18.0 Å². The zero-order valence-corrected chi connectivity index (χ0v) is 16.3. The fourth-order valence-electron chi connectivity index (χ4n) is 3.28. The van der Waals surface area contributed by atoms with E-state index in [-0.39, 0.29) is 12.1 Å². The maximum absolute atomic E-state index is 12.7. The van der Waals surface area contributed by atoms with Crippen LogP contribution in [0.25, 0.3) is 0 Å². The molecule has 1 aliphatic heterocycles. The highest BCUT2D eigenvalue weighted by atomic mass is 19.4. The zero-order chi connectivity index (χ0) is 20.9.